The van der Waals surface area contributed by atoms with E-state index in [4.69, 9.17) is 29.4 Å². The van der Waals surface area contributed by atoms with Crippen molar-refractivity contribution in [3.8, 4) is 0 Å². The minimum absolute atomic E-state index is 0. The maximum absolute atomic E-state index is 7.56. The summed E-state index contributed by atoms with van der Waals surface area (Å²) in [6, 6.07) is 0. The predicted octanol–water partition coefficient (Wildman–Crippen LogP) is 3.01. The molecule has 0 aromatic heterocycles. The Bertz CT molecular complexity index is 249. The number of unbranched alkanes of at least 4 members (excludes halogenated alkanes) is 1. The van der Waals surface area contributed by atoms with Crippen molar-refractivity contribution in [1.82, 2.24) is 0 Å². The molecule has 0 saturated carbocycles. The molecule has 0 aliphatic heterocycles. The second-order valence-corrected chi connectivity index (χ2v) is 9.38. The molecule has 11 heteroatoms. The Morgan fingerprint density at radius 3 is 1.18 bits per heavy atom. The normalized spacial score (nSPS) is 11.2. The van der Waals surface area contributed by atoms with Crippen LogP contribution in [0, 0.1) is 5.92 Å². The Hall–Kier alpha value is 1.68. The van der Waals surface area contributed by atoms with Crippen LogP contribution in [0.4, 0.5) is 0 Å². The van der Waals surface area contributed by atoms with Gasteiger partial charge < -0.3 is 29.4 Å². The minimum Gasteiger partial charge on any atom is -0.325 e. The van der Waals surface area contributed by atoms with E-state index in [1.54, 1.807) is 0 Å². The van der Waals surface area contributed by atoms with Crippen LogP contribution in [-0.2, 0) is 43.1 Å². The maximum atomic E-state index is 7.56. The van der Waals surface area contributed by atoms with E-state index in [0.717, 1.165) is 5.92 Å². The van der Waals surface area contributed by atoms with Crippen molar-refractivity contribution in [2.45, 2.75) is 66.7 Å². The molecule has 0 saturated heterocycles. The molecule has 0 aliphatic carbocycles. The fraction of sp³-hybridized carbons (Fsp3) is 1.00. The first-order valence-electron chi connectivity index (χ1n) is 6.79. The van der Waals surface area contributed by atoms with E-state index in [0.29, 0.717) is 0 Å². The van der Waals surface area contributed by atoms with Crippen LogP contribution in [-0.4, -0.2) is 29.4 Å². The first kappa shape index (κ1) is 34.9. The molecule has 1 atom stereocenters. The molecular weight excluding hydrogens is 420 g/mol. The van der Waals surface area contributed by atoms with Gasteiger partial charge in [0.15, 0.2) is 0 Å². The van der Waals surface area contributed by atoms with E-state index in [-0.39, 0.29) is 19.5 Å². The number of hydrogen-bond donors (Lipinski definition) is 6. The topological polar surface area (TPSA) is 121 Å². The standard InChI is InChI=1S/C8H18.C3H8.2H3O3PS.Zn/c1-4-6-7-8(3)5-2;1-3-2;2*1-4(2,3)5;/h8H,4-7H2,1-3H3;3H2,1-2H3;2*(H3,1,2,3,5);. The van der Waals surface area contributed by atoms with Gasteiger partial charge in [-0.3, -0.25) is 0 Å². The Kier molecular flexibility index (Phi) is 36.0. The van der Waals surface area contributed by atoms with Crippen LogP contribution in [0.3, 0.4) is 0 Å². The summed E-state index contributed by atoms with van der Waals surface area (Å²) >= 11 is 7.21. The summed E-state index contributed by atoms with van der Waals surface area (Å²) in [6.07, 6.45) is 6.78. The molecule has 22 heavy (non-hydrogen) atoms. The molecule has 6 N–H and O–H groups in total. The molecule has 136 valence electrons. The van der Waals surface area contributed by atoms with Crippen LogP contribution in [0.25, 0.3) is 0 Å². The van der Waals surface area contributed by atoms with Crippen molar-refractivity contribution in [2.75, 3.05) is 0 Å². The molecule has 0 aromatic rings. The van der Waals surface area contributed by atoms with Gasteiger partial charge in [0.05, 0.1) is 0 Å². The Morgan fingerprint density at radius 2 is 1.05 bits per heavy atom. The summed E-state index contributed by atoms with van der Waals surface area (Å²) in [4.78, 5) is 45.3. The molecule has 0 spiro atoms. The second kappa shape index (κ2) is 22.7. The van der Waals surface area contributed by atoms with Gasteiger partial charge in [-0.25, -0.2) is 0 Å². The second-order valence-electron chi connectivity index (χ2n) is 4.39. The average Bonchev–Trinajstić information content (AvgIpc) is 2.22. The van der Waals surface area contributed by atoms with Gasteiger partial charge in [0.1, 0.15) is 0 Å². The SMILES string of the molecule is CCC.CCCCC(C)CC.OP(O)(O)=S.OP(O)(O)=S.[Zn]. The molecule has 0 aliphatic rings. The van der Waals surface area contributed by atoms with Gasteiger partial charge in [0.25, 0.3) is 0 Å². The maximum Gasteiger partial charge on any atom is 0.319 e. The smallest absolute Gasteiger partial charge is 0.319 e. The third-order valence-corrected chi connectivity index (χ3v) is 1.75. The van der Waals surface area contributed by atoms with E-state index in [9.17, 15) is 0 Å². The van der Waals surface area contributed by atoms with E-state index >= 15 is 0 Å². The average molecular weight is 452 g/mol. The van der Waals surface area contributed by atoms with Crippen LogP contribution < -0.4 is 0 Å². The number of hydrogen-bond acceptors (Lipinski definition) is 2. The molecule has 1 unspecified atom stereocenters. The van der Waals surface area contributed by atoms with Crippen LogP contribution in [0.2, 0.25) is 0 Å². The van der Waals surface area contributed by atoms with Gasteiger partial charge in [-0.2, -0.15) is 0 Å². The van der Waals surface area contributed by atoms with Gasteiger partial charge in [0.2, 0.25) is 0 Å². The quantitative estimate of drug-likeness (QED) is 0.285. The fourth-order valence-electron chi connectivity index (χ4n) is 0.757. The van der Waals surface area contributed by atoms with Crippen LogP contribution in [0.1, 0.15) is 66.7 Å². The van der Waals surface area contributed by atoms with Gasteiger partial charge in [-0.1, -0.05) is 66.7 Å². The number of rotatable bonds is 4. The first-order valence-corrected chi connectivity index (χ1v) is 12.1. The zero-order valence-corrected chi connectivity index (χ0v) is 20.6. The van der Waals surface area contributed by atoms with Crippen LogP contribution in [0.15, 0.2) is 0 Å². The van der Waals surface area contributed by atoms with Crippen LogP contribution in [0.5, 0.6) is 0 Å². The summed E-state index contributed by atoms with van der Waals surface area (Å²) in [6.45, 7) is 3.48. The van der Waals surface area contributed by atoms with E-state index in [1.165, 1.54) is 32.1 Å². The van der Waals surface area contributed by atoms with Crippen molar-refractivity contribution in [3.63, 3.8) is 0 Å². The van der Waals surface area contributed by atoms with Crippen molar-refractivity contribution < 1.29 is 48.8 Å². The molecule has 0 amide bonds. The Labute approximate surface area is 158 Å². The summed E-state index contributed by atoms with van der Waals surface area (Å²) in [7, 11) is 0. The van der Waals surface area contributed by atoms with Crippen molar-refractivity contribution in [3.05, 3.63) is 0 Å². The zero-order chi connectivity index (χ0) is 18.1. The van der Waals surface area contributed by atoms with Gasteiger partial charge in [-0.15, -0.1) is 0 Å². The summed E-state index contributed by atoms with van der Waals surface area (Å²) < 4.78 is 0. The Morgan fingerprint density at radius 1 is 0.818 bits per heavy atom. The largest absolute Gasteiger partial charge is 0.325 e. The molecule has 0 aromatic carbocycles. The van der Waals surface area contributed by atoms with E-state index < -0.39 is 13.4 Å². The van der Waals surface area contributed by atoms with Crippen molar-refractivity contribution >= 4 is 37.1 Å². The summed E-state index contributed by atoms with van der Waals surface area (Å²) in [5.74, 6) is 0.954. The van der Waals surface area contributed by atoms with Gasteiger partial charge in [-0.05, 0) is 29.5 Å². The van der Waals surface area contributed by atoms with Crippen molar-refractivity contribution in [2.24, 2.45) is 5.92 Å². The van der Waals surface area contributed by atoms with E-state index in [2.05, 4.69) is 58.2 Å². The third-order valence-electron chi connectivity index (χ3n) is 1.75. The molecule has 0 fully saturated rings. The molecule has 0 heterocycles. The van der Waals surface area contributed by atoms with Gasteiger partial charge >= 0.3 is 13.4 Å². The molecule has 6 nitrogen and oxygen atoms in total. The summed E-state index contributed by atoms with van der Waals surface area (Å²) in [5, 5.41) is 0. The molecule has 0 rings (SSSR count). The zero-order valence-electron chi connectivity index (χ0n) is 14.2. The monoisotopic (exact) mass is 450 g/mol. The Balaban J connectivity index is -0.0000000610. The third kappa shape index (κ3) is 157. The molecule has 0 radical (unpaired) electrons. The van der Waals surface area contributed by atoms with Gasteiger partial charge in [0, 0.05) is 19.5 Å². The first-order chi connectivity index (χ1) is 9.22. The predicted molar refractivity (Wildman–Crippen MR) is 96.8 cm³/mol. The van der Waals surface area contributed by atoms with E-state index in [1.807, 2.05) is 0 Å². The fourth-order valence-corrected chi connectivity index (χ4v) is 0.757. The summed E-state index contributed by atoms with van der Waals surface area (Å²) in [5.41, 5.74) is 0. The molecular formula is C11H32O6P2S2Zn. The van der Waals surface area contributed by atoms with Crippen molar-refractivity contribution in [1.29, 1.82) is 0 Å². The molecule has 0 bridgehead atoms. The minimum atomic E-state index is -3.81. The van der Waals surface area contributed by atoms with Crippen LogP contribution >= 0.6 is 13.4 Å².